The minimum Gasteiger partial charge on any atom is -0.391 e. The molecule has 0 unspecified atom stereocenters. The maximum Gasteiger partial charge on any atom is 0.0741 e. The van der Waals surface area contributed by atoms with Crippen LogP contribution in [0, 0.1) is 13.8 Å². The van der Waals surface area contributed by atoms with E-state index in [1.807, 2.05) is 0 Å². The fourth-order valence-corrected chi connectivity index (χ4v) is 2.15. The van der Waals surface area contributed by atoms with E-state index < -0.39 is 0 Å². The second-order valence-corrected chi connectivity index (χ2v) is 4.55. The Balaban J connectivity index is 2.07. The molecule has 1 fully saturated rings. The van der Waals surface area contributed by atoms with E-state index in [2.05, 4.69) is 37.4 Å². The Labute approximate surface area is 91.3 Å². The van der Waals surface area contributed by atoms with Crippen LogP contribution in [-0.2, 0) is 0 Å². The summed E-state index contributed by atoms with van der Waals surface area (Å²) < 4.78 is 0. The summed E-state index contributed by atoms with van der Waals surface area (Å²) in [5.74, 6) is 0. The highest BCUT2D eigenvalue weighted by atomic mass is 16.3. The van der Waals surface area contributed by atoms with Crippen LogP contribution in [0.3, 0.4) is 0 Å². The van der Waals surface area contributed by atoms with Crippen LogP contribution in [-0.4, -0.2) is 17.3 Å². The van der Waals surface area contributed by atoms with Gasteiger partial charge in [0.15, 0.2) is 0 Å². The number of aryl methyl sites for hydroxylation is 2. The Morgan fingerprint density at radius 1 is 1.20 bits per heavy atom. The normalized spacial score (nSPS) is 25.5. The summed E-state index contributed by atoms with van der Waals surface area (Å²) in [5.41, 5.74) is 3.74. The maximum absolute atomic E-state index is 9.71. The first-order valence-electron chi connectivity index (χ1n) is 5.68. The number of rotatable bonds is 2. The van der Waals surface area contributed by atoms with Gasteiger partial charge in [-0.1, -0.05) is 6.07 Å². The van der Waals surface area contributed by atoms with E-state index in [1.54, 1.807) is 0 Å². The van der Waals surface area contributed by atoms with Crippen molar-refractivity contribution < 1.29 is 5.11 Å². The van der Waals surface area contributed by atoms with Crippen molar-refractivity contribution in [2.75, 3.05) is 5.32 Å². The van der Waals surface area contributed by atoms with Crippen LogP contribution in [0.1, 0.15) is 30.4 Å². The molecule has 15 heavy (non-hydrogen) atoms. The lowest BCUT2D eigenvalue weighted by atomic mass is 10.1. The number of anilines is 1. The standard InChI is InChI=1S/C13H19NO/c1-9-6-7-11(8-10(9)2)14-12-4-3-5-13(12)15/h6-8,12-15H,3-5H2,1-2H3/t12-,13-/m0/s1. The zero-order valence-corrected chi connectivity index (χ0v) is 9.46. The predicted octanol–water partition coefficient (Wildman–Crippen LogP) is 2.63. The van der Waals surface area contributed by atoms with Gasteiger partial charge in [-0.05, 0) is 56.4 Å². The van der Waals surface area contributed by atoms with Crippen LogP contribution >= 0.6 is 0 Å². The molecule has 2 heteroatoms. The molecule has 82 valence electrons. The number of benzene rings is 1. The molecule has 0 aromatic heterocycles. The largest absolute Gasteiger partial charge is 0.391 e. The lowest BCUT2D eigenvalue weighted by Crippen LogP contribution is -2.27. The van der Waals surface area contributed by atoms with E-state index in [1.165, 1.54) is 11.1 Å². The molecule has 2 rings (SSSR count). The predicted molar refractivity (Wildman–Crippen MR) is 63.2 cm³/mol. The topological polar surface area (TPSA) is 32.3 Å². The van der Waals surface area contributed by atoms with Gasteiger partial charge in [0, 0.05) is 5.69 Å². The third kappa shape index (κ3) is 2.32. The maximum atomic E-state index is 9.71. The van der Waals surface area contributed by atoms with Crippen molar-refractivity contribution in [1.29, 1.82) is 0 Å². The second kappa shape index (κ2) is 4.23. The van der Waals surface area contributed by atoms with E-state index in [4.69, 9.17) is 0 Å². The molecule has 1 aliphatic carbocycles. The van der Waals surface area contributed by atoms with Crippen LogP contribution in [0.15, 0.2) is 18.2 Å². The number of hydrogen-bond donors (Lipinski definition) is 2. The van der Waals surface area contributed by atoms with Gasteiger partial charge in [0.2, 0.25) is 0 Å². The van der Waals surface area contributed by atoms with Gasteiger partial charge in [-0.15, -0.1) is 0 Å². The van der Waals surface area contributed by atoms with Crippen molar-refractivity contribution >= 4 is 5.69 Å². The molecular weight excluding hydrogens is 186 g/mol. The van der Waals surface area contributed by atoms with Crippen molar-refractivity contribution in [2.24, 2.45) is 0 Å². The van der Waals surface area contributed by atoms with Crippen molar-refractivity contribution in [3.05, 3.63) is 29.3 Å². The van der Waals surface area contributed by atoms with Crippen molar-refractivity contribution in [2.45, 2.75) is 45.3 Å². The van der Waals surface area contributed by atoms with Crippen molar-refractivity contribution in [1.82, 2.24) is 0 Å². The van der Waals surface area contributed by atoms with Gasteiger partial charge in [-0.2, -0.15) is 0 Å². The van der Waals surface area contributed by atoms with Gasteiger partial charge in [0.05, 0.1) is 12.1 Å². The molecule has 2 atom stereocenters. The van der Waals surface area contributed by atoms with Crippen molar-refractivity contribution in [3.8, 4) is 0 Å². The van der Waals surface area contributed by atoms with Gasteiger partial charge in [-0.25, -0.2) is 0 Å². The van der Waals surface area contributed by atoms with Crippen molar-refractivity contribution in [3.63, 3.8) is 0 Å². The third-order valence-electron chi connectivity index (χ3n) is 3.34. The second-order valence-electron chi connectivity index (χ2n) is 4.55. The van der Waals surface area contributed by atoms with Crippen LogP contribution in [0.5, 0.6) is 0 Å². The van der Waals surface area contributed by atoms with Crippen LogP contribution in [0.4, 0.5) is 5.69 Å². The highest BCUT2D eigenvalue weighted by Gasteiger charge is 2.24. The zero-order valence-electron chi connectivity index (χ0n) is 9.46. The van der Waals surface area contributed by atoms with Gasteiger partial charge in [0.1, 0.15) is 0 Å². The molecule has 2 N–H and O–H groups in total. The lowest BCUT2D eigenvalue weighted by molar-refractivity contribution is 0.172. The zero-order chi connectivity index (χ0) is 10.8. The molecule has 0 saturated heterocycles. The molecule has 0 heterocycles. The summed E-state index contributed by atoms with van der Waals surface area (Å²) in [6.45, 7) is 4.23. The molecule has 0 amide bonds. The minimum absolute atomic E-state index is 0.174. The molecule has 0 spiro atoms. The number of aliphatic hydroxyl groups excluding tert-OH is 1. The lowest BCUT2D eigenvalue weighted by Gasteiger charge is -2.18. The summed E-state index contributed by atoms with van der Waals surface area (Å²) in [7, 11) is 0. The quantitative estimate of drug-likeness (QED) is 0.778. The first-order valence-corrected chi connectivity index (χ1v) is 5.68. The number of nitrogens with one attached hydrogen (secondary N) is 1. The van der Waals surface area contributed by atoms with Crippen LogP contribution in [0.25, 0.3) is 0 Å². The molecule has 1 saturated carbocycles. The summed E-state index contributed by atoms with van der Waals surface area (Å²) in [6, 6.07) is 6.61. The van der Waals surface area contributed by atoms with Gasteiger partial charge < -0.3 is 10.4 Å². The van der Waals surface area contributed by atoms with Gasteiger partial charge in [-0.3, -0.25) is 0 Å². The van der Waals surface area contributed by atoms with E-state index in [9.17, 15) is 5.11 Å². The molecule has 0 aliphatic heterocycles. The SMILES string of the molecule is Cc1ccc(N[C@H]2CCC[C@@H]2O)cc1C. The fraction of sp³-hybridized carbons (Fsp3) is 0.538. The highest BCUT2D eigenvalue weighted by molar-refractivity contribution is 5.49. The average Bonchev–Trinajstić information content (AvgIpc) is 2.59. The number of aliphatic hydroxyl groups is 1. The van der Waals surface area contributed by atoms with Crippen LogP contribution < -0.4 is 5.32 Å². The molecule has 0 radical (unpaired) electrons. The Morgan fingerprint density at radius 3 is 2.60 bits per heavy atom. The Kier molecular flexibility index (Phi) is 2.96. The smallest absolute Gasteiger partial charge is 0.0741 e. The van der Waals surface area contributed by atoms with Gasteiger partial charge in [0.25, 0.3) is 0 Å². The highest BCUT2D eigenvalue weighted by Crippen LogP contribution is 2.23. The average molecular weight is 205 g/mol. The van der Waals surface area contributed by atoms with Gasteiger partial charge >= 0.3 is 0 Å². The summed E-state index contributed by atoms with van der Waals surface area (Å²) in [4.78, 5) is 0. The monoisotopic (exact) mass is 205 g/mol. The molecule has 1 aromatic carbocycles. The third-order valence-corrected chi connectivity index (χ3v) is 3.34. The van der Waals surface area contributed by atoms with E-state index in [-0.39, 0.29) is 12.1 Å². The summed E-state index contributed by atoms with van der Waals surface area (Å²) in [6.07, 6.45) is 2.96. The molecule has 2 nitrogen and oxygen atoms in total. The summed E-state index contributed by atoms with van der Waals surface area (Å²) >= 11 is 0. The van der Waals surface area contributed by atoms with E-state index >= 15 is 0 Å². The Bertz CT molecular complexity index is 348. The Hall–Kier alpha value is -1.02. The minimum atomic E-state index is -0.174. The van der Waals surface area contributed by atoms with Crippen LogP contribution in [0.2, 0.25) is 0 Å². The summed E-state index contributed by atoms with van der Waals surface area (Å²) in [5, 5.41) is 13.1. The first kappa shape index (κ1) is 10.5. The molecular formula is C13H19NO. The molecule has 0 bridgehead atoms. The first-order chi connectivity index (χ1) is 7.16. The molecule has 1 aromatic rings. The number of hydrogen-bond acceptors (Lipinski definition) is 2. The van der Waals surface area contributed by atoms with E-state index in [0.29, 0.717) is 0 Å². The molecule has 1 aliphatic rings. The Morgan fingerprint density at radius 2 is 2.00 bits per heavy atom. The van der Waals surface area contributed by atoms with E-state index in [0.717, 1.165) is 24.9 Å². The fourth-order valence-electron chi connectivity index (χ4n) is 2.15.